The van der Waals surface area contributed by atoms with Crippen molar-refractivity contribution in [3.05, 3.63) is 23.4 Å². The normalized spacial score (nSPS) is 10.6. The van der Waals surface area contributed by atoms with Crippen molar-refractivity contribution in [3.63, 3.8) is 0 Å². The van der Waals surface area contributed by atoms with Gasteiger partial charge in [-0.05, 0) is 26.3 Å². The van der Waals surface area contributed by atoms with Gasteiger partial charge in [0.25, 0.3) is 0 Å². The van der Waals surface area contributed by atoms with Crippen molar-refractivity contribution in [2.75, 3.05) is 39.5 Å². The van der Waals surface area contributed by atoms with Gasteiger partial charge in [-0.2, -0.15) is 0 Å². The number of rotatable bonds is 13. The first kappa shape index (κ1) is 22.2. The fraction of sp³-hybridized carbons (Fsp3) is 0.611. The summed E-state index contributed by atoms with van der Waals surface area (Å²) in [7, 11) is 0. The first-order chi connectivity index (χ1) is 12.5. The Labute approximate surface area is 159 Å². The highest BCUT2D eigenvalue weighted by Gasteiger charge is 2.12. The molecule has 1 aromatic rings. The summed E-state index contributed by atoms with van der Waals surface area (Å²) in [5.41, 5.74) is 0. The Kier molecular flexibility index (Phi) is 11.4. The Bertz CT molecular complexity index is 534. The molecule has 0 atom stereocenters. The van der Waals surface area contributed by atoms with E-state index in [-0.39, 0.29) is 24.8 Å². The SMILES string of the molecule is CCOC(=O)CCN(CCCOc1cccc(Cl)n1)CCC(=O)OCC. The Morgan fingerprint density at radius 1 is 1.04 bits per heavy atom. The molecular formula is C18H27ClN2O5. The lowest BCUT2D eigenvalue weighted by atomic mass is 10.3. The average molecular weight is 387 g/mol. The van der Waals surface area contributed by atoms with Gasteiger partial charge in [0, 0.05) is 25.7 Å². The zero-order chi connectivity index (χ0) is 19.2. The van der Waals surface area contributed by atoms with E-state index in [1.54, 1.807) is 32.0 Å². The second-order valence-corrected chi connectivity index (χ2v) is 5.84. The summed E-state index contributed by atoms with van der Waals surface area (Å²) in [6, 6.07) is 5.20. The van der Waals surface area contributed by atoms with Gasteiger partial charge in [-0.15, -0.1) is 0 Å². The lowest BCUT2D eigenvalue weighted by Gasteiger charge is -2.21. The summed E-state index contributed by atoms with van der Waals surface area (Å²) in [4.78, 5) is 29.2. The van der Waals surface area contributed by atoms with Crippen LogP contribution >= 0.6 is 11.6 Å². The second kappa shape index (κ2) is 13.4. The molecule has 0 N–H and O–H groups in total. The molecule has 0 radical (unpaired) electrons. The van der Waals surface area contributed by atoms with E-state index in [1.165, 1.54) is 0 Å². The molecule has 8 heteroatoms. The van der Waals surface area contributed by atoms with E-state index in [1.807, 2.05) is 4.90 Å². The molecule has 1 aromatic heterocycles. The van der Waals surface area contributed by atoms with E-state index in [4.69, 9.17) is 25.8 Å². The van der Waals surface area contributed by atoms with Crippen LogP contribution in [-0.4, -0.2) is 61.3 Å². The molecule has 0 aliphatic rings. The minimum absolute atomic E-state index is 0.243. The van der Waals surface area contributed by atoms with Gasteiger partial charge in [-0.1, -0.05) is 17.7 Å². The third-order valence-electron chi connectivity index (χ3n) is 3.43. The lowest BCUT2D eigenvalue weighted by Crippen LogP contribution is -2.31. The second-order valence-electron chi connectivity index (χ2n) is 5.45. The molecule has 0 amide bonds. The quantitative estimate of drug-likeness (QED) is 0.293. The zero-order valence-corrected chi connectivity index (χ0v) is 16.2. The molecule has 26 heavy (non-hydrogen) atoms. The Balaban J connectivity index is 2.38. The van der Waals surface area contributed by atoms with Gasteiger partial charge in [-0.25, -0.2) is 4.98 Å². The number of halogens is 1. The maximum absolute atomic E-state index is 11.5. The third-order valence-corrected chi connectivity index (χ3v) is 3.64. The van der Waals surface area contributed by atoms with Gasteiger partial charge in [-0.3, -0.25) is 9.59 Å². The van der Waals surface area contributed by atoms with Crippen LogP contribution in [0.25, 0.3) is 0 Å². The molecule has 0 bridgehead atoms. The van der Waals surface area contributed by atoms with Crippen LogP contribution < -0.4 is 4.74 Å². The highest BCUT2D eigenvalue weighted by Crippen LogP contribution is 2.11. The van der Waals surface area contributed by atoms with Crippen LogP contribution in [0, 0.1) is 0 Å². The number of hydrogen-bond acceptors (Lipinski definition) is 7. The number of carbonyl (C=O) groups is 2. The Morgan fingerprint density at radius 3 is 2.19 bits per heavy atom. The van der Waals surface area contributed by atoms with E-state index in [0.717, 1.165) is 6.42 Å². The predicted octanol–water partition coefficient (Wildman–Crippen LogP) is 2.71. The third kappa shape index (κ3) is 10.2. The lowest BCUT2D eigenvalue weighted by molar-refractivity contribution is -0.143. The first-order valence-electron chi connectivity index (χ1n) is 8.84. The maximum Gasteiger partial charge on any atom is 0.307 e. The minimum atomic E-state index is -0.243. The molecule has 0 aromatic carbocycles. The zero-order valence-electron chi connectivity index (χ0n) is 15.4. The highest BCUT2D eigenvalue weighted by atomic mass is 35.5. The van der Waals surface area contributed by atoms with Gasteiger partial charge in [0.2, 0.25) is 5.88 Å². The van der Waals surface area contributed by atoms with Crippen molar-refractivity contribution < 1.29 is 23.8 Å². The number of nitrogens with zero attached hydrogens (tertiary/aromatic N) is 2. The van der Waals surface area contributed by atoms with Crippen LogP contribution in [0.3, 0.4) is 0 Å². The summed E-state index contributed by atoms with van der Waals surface area (Å²) < 4.78 is 15.5. The maximum atomic E-state index is 11.5. The van der Waals surface area contributed by atoms with E-state index in [9.17, 15) is 9.59 Å². The molecule has 0 unspecified atom stereocenters. The van der Waals surface area contributed by atoms with Gasteiger partial charge in [0.15, 0.2) is 0 Å². The van der Waals surface area contributed by atoms with Crippen molar-refractivity contribution in [3.8, 4) is 5.88 Å². The summed E-state index contributed by atoms with van der Waals surface area (Å²) in [6.07, 6.45) is 1.29. The fourth-order valence-electron chi connectivity index (χ4n) is 2.24. The van der Waals surface area contributed by atoms with Crippen molar-refractivity contribution in [1.82, 2.24) is 9.88 Å². The topological polar surface area (TPSA) is 78.0 Å². The van der Waals surface area contributed by atoms with Crippen LogP contribution in [0.5, 0.6) is 5.88 Å². The van der Waals surface area contributed by atoms with Crippen molar-refractivity contribution in [2.45, 2.75) is 33.1 Å². The molecule has 0 aliphatic carbocycles. The van der Waals surface area contributed by atoms with Gasteiger partial charge >= 0.3 is 11.9 Å². The van der Waals surface area contributed by atoms with Crippen molar-refractivity contribution in [2.24, 2.45) is 0 Å². The standard InChI is InChI=1S/C18H27ClN2O5/c1-3-24-17(22)9-12-21(13-10-18(23)25-4-2)11-6-14-26-16-8-5-7-15(19)20-16/h5,7-8H,3-4,6,9-14H2,1-2H3. The van der Waals surface area contributed by atoms with Crippen LogP contribution in [0.4, 0.5) is 0 Å². The first-order valence-corrected chi connectivity index (χ1v) is 9.21. The van der Waals surface area contributed by atoms with Crippen molar-refractivity contribution >= 4 is 23.5 Å². The summed E-state index contributed by atoms with van der Waals surface area (Å²) in [5.74, 6) is -0.0110. The predicted molar refractivity (Wildman–Crippen MR) is 98.3 cm³/mol. The Hall–Kier alpha value is -1.86. The molecule has 0 aliphatic heterocycles. The van der Waals surface area contributed by atoms with Gasteiger partial charge < -0.3 is 19.1 Å². The van der Waals surface area contributed by atoms with Crippen molar-refractivity contribution in [1.29, 1.82) is 0 Å². The molecule has 1 heterocycles. The number of hydrogen-bond donors (Lipinski definition) is 0. The van der Waals surface area contributed by atoms with Gasteiger partial charge in [0.05, 0.1) is 32.7 Å². The van der Waals surface area contributed by atoms with Crippen LogP contribution in [0.2, 0.25) is 5.15 Å². The van der Waals surface area contributed by atoms with E-state index < -0.39 is 0 Å². The monoisotopic (exact) mass is 386 g/mol. The van der Waals surface area contributed by atoms with E-state index in [2.05, 4.69) is 4.98 Å². The summed E-state index contributed by atoms with van der Waals surface area (Å²) in [6.45, 7) is 6.46. The van der Waals surface area contributed by atoms with Crippen LogP contribution in [-0.2, 0) is 19.1 Å². The molecule has 1 rings (SSSR count). The smallest absolute Gasteiger partial charge is 0.307 e. The molecule has 0 spiro atoms. The van der Waals surface area contributed by atoms with Crippen LogP contribution in [0.1, 0.15) is 33.1 Å². The number of pyridine rings is 1. The summed E-state index contributed by atoms with van der Waals surface area (Å²) >= 11 is 5.81. The number of carbonyl (C=O) groups excluding carboxylic acids is 2. The number of esters is 2. The summed E-state index contributed by atoms with van der Waals surface area (Å²) in [5, 5.41) is 0.382. The molecular weight excluding hydrogens is 360 g/mol. The van der Waals surface area contributed by atoms with Crippen LogP contribution in [0.15, 0.2) is 18.2 Å². The Morgan fingerprint density at radius 2 is 1.65 bits per heavy atom. The average Bonchev–Trinajstić information content (AvgIpc) is 2.61. The van der Waals surface area contributed by atoms with E-state index >= 15 is 0 Å². The van der Waals surface area contributed by atoms with Gasteiger partial charge in [0.1, 0.15) is 5.15 Å². The molecule has 146 valence electrons. The molecule has 0 saturated heterocycles. The number of ether oxygens (including phenoxy) is 3. The minimum Gasteiger partial charge on any atom is -0.478 e. The molecule has 0 saturated carbocycles. The largest absolute Gasteiger partial charge is 0.478 e. The molecule has 0 fully saturated rings. The fourth-order valence-corrected chi connectivity index (χ4v) is 2.39. The molecule has 7 nitrogen and oxygen atoms in total. The van der Waals surface area contributed by atoms with E-state index in [0.29, 0.717) is 50.5 Å². The number of aromatic nitrogens is 1. The highest BCUT2D eigenvalue weighted by molar-refractivity contribution is 6.29.